The first-order chi connectivity index (χ1) is 12.0. The lowest BCUT2D eigenvalue weighted by Crippen LogP contribution is -2.51. The highest BCUT2D eigenvalue weighted by molar-refractivity contribution is 6.38. The second-order valence-corrected chi connectivity index (χ2v) is 6.89. The summed E-state index contributed by atoms with van der Waals surface area (Å²) in [6, 6.07) is 8.08. The average molecular weight is 379 g/mol. The SMILES string of the molecule is Cc1cccc(CNC(=O)N2CCN(c3c(Cl)cncc3Cl)CC2)c1. The van der Waals surface area contributed by atoms with Gasteiger partial charge in [-0.05, 0) is 12.5 Å². The molecule has 3 rings (SSSR count). The number of nitrogens with one attached hydrogen (secondary N) is 1. The molecular weight excluding hydrogens is 359 g/mol. The molecule has 0 radical (unpaired) electrons. The zero-order chi connectivity index (χ0) is 17.8. The molecule has 5 nitrogen and oxygen atoms in total. The van der Waals surface area contributed by atoms with E-state index in [1.165, 1.54) is 5.56 Å². The van der Waals surface area contributed by atoms with Crippen LogP contribution in [0.5, 0.6) is 0 Å². The van der Waals surface area contributed by atoms with Gasteiger partial charge in [-0.25, -0.2) is 4.79 Å². The molecule has 0 saturated carbocycles. The second kappa shape index (κ2) is 7.93. The Hall–Kier alpha value is -1.98. The molecule has 132 valence electrons. The Morgan fingerprint density at radius 3 is 2.48 bits per heavy atom. The van der Waals surface area contributed by atoms with Crippen molar-refractivity contribution >= 4 is 34.9 Å². The number of nitrogens with zero attached hydrogens (tertiary/aromatic N) is 3. The molecule has 0 atom stereocenters. The number of hydrogen-bond acceptors (Lipinski definition) is 3. The lowest BCUT2D eigenvalue weighted by atomic mass is 10.1. The maximum absolute atomic E-state index is 12.4. The molecule has 1 aromatic carbocycles. The third-order valence-electron chi connectivity index (χ3n) is 4.24. The van der Waals surface area contributed by atoms with Crippen LogP contribution in [0.25, 0.3) is 0 Å². The third kappa shape index (κ3) is 4.35. The molecule has 25 heavy (non-hydrogen) atoms. The standard InChI is InChI=1S/C18H20Cl2N4O/c1-13-3-2-4-14(9-13)10-22-18(25)24-7-5-23(6-8-24)17-15(19)11-21-12-16(17)20/h2-4,9,11-12H,5-8,10H2,1H3,(H,22,25). The monoisotopic (exact) mass is 378 g/mol. The van der Waals surface area contributed by atoms with Crippen molar-refractivity contribution in [1.29, 1.82) is 0 Å². The summed E-state index contributed by atoms with van der Waals surface area (Å²) in [5.74, 6) is 0. The molecule has 1 saturated heterocycles. The van der Waals surface area contributed by atoms with Crippen molar-refractivity contribution in [1.82, 2.24) is 15.2 Å². The first kappa shape index (κ1) is 17.8. The Bertz CT molecular complexity index is 740. The number of piperazine rings is 1. The summed E-state index contributed by atoms with van der Waals surface area (Å²) in [4.78, 5) is 20.3. The highest BCUT2D eigenvalue weighted by Gasteiger charge is 2.23. The zero-order valence-electron chi connectivity index (χ0n) is 14.0. The predicted octanol–water partition coefficient (Wildman–Crippen LogP) is 3.73. The summed E-state index contributed by atoms with van der Waals surface area (Å²) < 4.78 is 0. The molecule has 2 heterocycles. The minimum atomic E-state index is -0.0481. The predicted molar refractivity (Wildman–Crippen MR) is 101 cm³/mol. The number of amides is 2. The van der Waals surface area contributed by atoms with E-state index < -0.39 is 0 Å². The first-order valence-corrected chi connectivity index (χ1v) is 8.92. The van der Waals surface area contributed by atoms with Crippen LogP contribution >= 0.6 is 23.2 Å². The molecule has 1 aromatic heterocycles. The van der Waals surface area contributed by atoms with E-state index in [0.29, 0.717) is 42.8 Å². The van der Waals surface area contributed by atoms with Gasteiger partial charge in [0, 0.05) is 45.1 Å². The molecule has 0 bridgehead atoms. The fourth-order valence-electron chi connectivity index (χ4n) is 2.95. The van der Waals surface area contributed by atoms with Gasteiger partial charge < -0.3 is 15.1 Å². The molecule has 1 fully saturated rings. The summed E-state index contributed by atoms with van der Waals surface area (Å²) in [6.45, 7) is 5.18. The lowest BCUT2D eigenvalue weighted by molar-refractivity contribution is 0.194. The molecule has 1 aliphatic heterocycles. The van der Waals surface area contributed by atoms with Crippen molar-refractivity contribution in [3.05, 3.63) is 57.8 Å². The molecule has 1 N–H and O–H groups in total. The van der Waals surface area contributed by atoms with E-state index >= 15 is 0 Å². The number of carbonyl (C=O) groups is 1. The Balaban J connectivity index is 1.54. The highest BCUT2D eigenvalue weighted by atomic mass is 35.5. The van der Waals surface area contributed by atoms with Gasteiger partial charge >= 0.3 is 6.03 Å². The fourth-order valence-corrected chi connectivity index (χ4v) is 3.56. The van der Waals surface area contributed by atoms with Crippen LogP contribution in [0.15, 0.2) is 36.7 Å². The molecule has 1 aliphatic rings. The van der Waals surface area contributed by atoms with Gasteiger partial charge in [0.1, 0.15) is 0 Å². The first-order valence-electron chi connectivity index (χ1n) is 8.17. The molecule has 7 heteroatoms. The van der Waals surface area contributed by atoms with Gasteiger partial charge in [-0.1, -0.05) is 53.0 Å². The number of halogens is 2. The van der Waals surface area contributed by atoms with Crippen LogP contribution < -0.4 is 10.2 Å². The summed E-state index contributed by atoms with van der Waals surface area (Å²) in [5, 5.41) is 4.04. The molecule has 2 aromatic rings. The van der Waals surface area contributed by atoms with Gasteiger partial charge in [-0.3, -0.25) is 4.98 Å². The number of pyridine rings is 1. The molecular formula is C18H20Cl2N4O. The Morgan fingerprint density at radius 1 is 1.16 bits per heavy atom. The molecule has 0 spiro atoms. The van der Waals surface area contributed by atoms with Crippen molar-refractivity contribution < 1.29 is 4.79 Å². The minimum absolute atomic E-state index is 0.0481. The third-order valence-corrected chi connectivity index (χ3v) is 4.79. The van der Waals surface area contributed by atoms with Crippen LogP contribution in [0.3, 0.4) is 0 Å². The van der Waals surface area contributed by atoms with E-state index in [0.717, 1.165) is 11.3 Å². The van der Waals surface area contributed by atoms with E-state index in [1.807, 2.05) is 30.0 Å². The largest absolute Gasteiger partial charge is 0.365 e. The van der Waals surface area contributed by atoms with Crippen molar-refractivity contribution in [2.24, 2.45) is 0 Å². The van der Waals surface area contributed by atoms with Crippen LogP contribution in [-0.2, 0) is 6.54 Å². The Labute approximate surface area is 157 Å². The van der Waals surface area contributed by atoms with Crippen molar-refractivity contribution in [3.63, 3.8) is 0 Å². The van der Waals surface area contributed by atoms with Crippen molar-refractivity contribution in [2.45, 2.75) is 13.5 Å². The number of rotatable bonds is 3. The quantitative estimate of drug-likeness (QED) is 0.884. The second-order valence-electron chi connectivity index (χ2n) is 6.07. The van der Waals surface area contributed by atoms with Crippen LogP contribution in [0, 0.1) is 6.92 Å². The highest BCUT2D eigenvalue weighted by Crippen LogP contribution is 2.33. The average Bonchev–Trinajstić information content (AvgIpc) is 2.60. The van der Waals surface area contributed by atoms with Gasteiger partial charge in [-0.2, -0.15) is 0 Å². The van der Waals surface area contributed by atoms with Gasteiger partial charge in [0.2, 0.25) is 0 Å². The van der Waals surface area contributed by atoms with Crippen LogP contribution in [0.4, 0.5) is 10.5 Å². The van der Waals surface area contributed by atoms with Gasteiger partial charge in [0.05, 0.1) is 15.7 Å². The van der Waals surface area contributed by atoms with Gasteiger partial charge in [-0.15, -0.1) is 0 Å². The molecule has 0 unspecified atom stereocenters. The maximum Gasteiger partial charge on any atom is 0.317 e. The van der Waals surface area contributed by atoms with E-state index in [1.54, 1.807) is 12.4 Å². The van der Waals surface area contributed by atoms with Crippen LogP contribution in [-0.4, -0.2) is 42.1 Å². The number of urea groups is 1. The summed E-state index contributed by atoms with van der Waals surface area (Å²) >= 11 is 12.4. The molecule has 2 amide bonds. The topological polar surface area (TPSA) is 48.5 Å². The summed E-state index contributed by atoms with van der Waals surface area (Å²) in [7, 11) is 0. The minimum Gasteiger partial charge on any atom is -0.365 e. The number of carbonyl (C=O) groups excluding carboxylic acids is 1. The maximum atomic E-state index is 12.4. The van der Waals surface area contributed by atoms with Crippen LogP contribution in [0.2, 0.25) is 10.0 Å². The molecule has 0 aliphatic carbocycles. The summed E-state index contributed by atoms with van der Waals surface area (Å²) in [5.41, 5.74) is 3.08. The number of aromatic nitrogens is 1. The van der Waals surface area contributed by atoms with E-state index in [4.69, 9.17) is 23.2 Å². The van der Waals surface area contributed by atoms with E-state index in [9.17, 15) is 4.79 Å². The number of benzene rings is 1. The number of hydrogen-bond donors (Lipinski definition) is 1. The summed E-state index contributed by atoms with van der Waals surface area (Å²) in [6.07, 6.45) is 3.17. The van der Waals surface area contributed by atoms with Gasteiger partial charge in [0.25, 0.3) is 0 Å². The normalized spacial score (nSPS) is 14.5. The van der Waals surface area contributed by atoms with Gasteiger partial charge in [0.15, 0.2) is 0 Å². The lowest BCUT2D eigenvalue weighted by Gasteiger charge is -2.36. The van der Waals surface area contributed by atoms with Crippen molar-refractivity contribution in [3.8, 4) is 0 Å². The van der Waals surface area contributed by atoms with Crippen molar-refractivity contribution in [2.75, 3.05) is 31.1 Å². The van der Waals surface area contributed by atoms with E-state index in [-0.39, 0.29) is 6.03 Å². The Kier molecular flexibility index (Phi) is 5.66. The fraction of sp³-hybridized carbons (Fsp3) is 0.333. The van der Waals surface area contributed by atoms with Crippen LogP contribution in [0.1, 0.15) is 11.1 Å². The smallest absolute Gasteiger partial charge is 0.317 e. The Morgan fingerprint density at radius 2 is 1.84 bits per heavy atom. The zero-order valence-corrected chi connectivity index (χ0v) is 15.5. The number of aryl methyl sites for hydroxylation is 1. The number of anilines is 1. The van der Waals surface area contributed by atoms with E-state index in [2.05, 4.69) is 21.3 Å².